The van der Waals surface area contributed by atoms with E-state index < -0.39 is 47.6 Å². The van der Waals surface area contributed by atoms with Crippen LogP contribution in [0.2, 0.25) is 0 Å². The Kier molecular flexibility index (Phi) is 7.23. The van der Waals surface area contributed by atoms with Crippen molar-refractivity contribution >= 4 is 41.3 Å². The Hall–Kier alpha value is -3.28. The first kappa shape index (κ1) is 23.4. The summed E-state index contributed by atoms with van der Waals surface area (Å²) in [5.41, 5.74) is -0.105. The molecule has 1 aliphatic rings. The van der Waals surface area contributed by atoms with Crippen LogP contribution in [0, 0.1) is 0 Å². The molecule has 1 aliphatic heterocycles. The number of carboxylic acid groups (broad SMARTS) is 1. The van der Waals surface area contributed by atoms with Gasteiger partial charge in [-0.3, -0.25) is 19.2 Å². The lowest BCUT2D eigenvalue weighted by Gasteiger charge is -2.39. The Labute approximate surface area is 187 Å². The molecule has 4 atom stereocenters. The van der Waals surface area contributed by atoms with Gasteiger partial charge in [0.05, 0.1) is 12.1 Å². The second kappa shape index (κ2) is 9.90. The lowest BCUT2D eigenvalue weighted by Crippen LogP contribution is -2.55. The minimum absolute atomic E-state index is 0.224. The van der Waals surface area contributed by atoms with Crippen molar-refractivity contribution < 1.29 is 43.2 Å². The third kappa shape index (κ3) is 5.69. The molecule has 2 aromatic rings. The number of pyridine rings is 1. The Morgan fingerprint density at radius 3 is 2.38 bits per heavy atom. The van der Waals surface area contributed by atoms with Crippen molar-refractivity contribution in [2.45, 2.75) is 50.9 Å². The van der Waals surface area contributed by atoms with Crippen LogP contribution in [-0.4, -0.2) is 67.9 Å². The summed E-state index contributed by atoms with van der Waals surface area (Å²) in [6.07, 6.45) is 0.0216. The number of aromatic nitrogens is 2. The van der Waals surface area contributed by atoms with Crippen LogP contribution in [0.1, 0.15) is 26.5 Å². The van der Waals surface area contributed by atoms with Gasteiger partial charge in [-0.1, -0.05) is 0 Å². The van der Waals surface area contributed by atoms with Gasteiger partial charge in [0.15, 0.2) is 35.1 Å². The van der Waals surface area contributed by atoms with Gasteiger partial charge in [-0.05, 0) is 12.1 Å². The maximum absolute atomic E-state index is 11.8. The fourth-order valence-corrected chi connectivity index (χ4v) is 4.51. The highest BCUT2D eigenvalue weighted by Crippen LogP contribution is 2.35. The zero-order chi connectivity index (χ0) is 23.4. The molecule has 3 rings (SSSR count). The molecule has 172 valence electrons. The van der Waals surface area contributed by atoms with Gasteiger partial charge in [-0.25, -0.2) is 4.98 Å². The molecule has 0 spiro atoms. The van der Waals surface area contributed by atoms with Crippen molar-refractivity contribution in [1.82, 2.24) is 9.38 Å². The van der Waals surface area contributed by atoms with E-state index in [1.807, 2.05) is 0 Å². The number of carboxylic acids is 1. The van der Waals surface area contributed by atoms with E-state index in [0.29, 0.717) is 17.1 Å². The van der Waals surface area contributed by atoms with Crippen molar-refractivity contribution in [3.63, 3.8) is 0 Å². The monoisotopic (exact) mass is 466 g/mol. The van der Waals surface area contributed by atoms with E-state index in [2.05, 4.69) is 4.98 Å². The van der Waals surface area contributed by atoms with Gasteiger partial charge in [-0.2, -0.15) is 0 Å². The van der Waals surface area contributed by atoms with Gasteiger partial charge in [0.25, 0.3) is 0 Å². The molecule has 0 bridgehead atoms. The van der Waals surface area contributed by atoms with Crippen LogP contribution in [0.4, 0.5) is 0 Å². The number of ether oxygens (including phenoxy) is 4. The average molecular weight is 466 g/mol. The van der Waals surface area contributed by atoms with Crippen LogP contribution in [0.15, 0.2) is 24.5 Å². The minimum atomic E-state index is -1.08. The predicted molar refractivity (Wildman–Crippen MR) is 110 cm³/mol. The van der Waals surface area contributed by atoms with Gasteiger partial charge < -0.3 is 28.5 Å². The first-order valence-electron chi connectivity index (χ1n) is 9.62. The Balaban J connectivity index is 1.92. The van der Waals surface area contributed by atoms with Gasteiger partial charge in [0.1, 0.15) is 0 Å². The van der Waals surface area contributed by atoms with Crippen molar-refractivity contribution in [2.24, 2.45) is 0 Å². The molecule has 12 heteroatoms. The maximum Gasteiger partial charge on any atom is 0.309 e. The number of carbonyl (C=O) groups is 4. The molecule has 1 N–H and O–H groups in total. The quantitative estimate of drug-likeness (QED) is 0.464. The lowest BCUT2D eigenvalue weighted by atomic mass is 10.1. The molecule has 0 saturated carbocycles. The lowest BCUT2D eigenvalue weighted by molar-refractivity contribution is -0.186. The molecule has 0 amide bonds. The molecule has 0 aliphatic carbocycles. The number of fused-ring (bicyclic) bond motifs is 1. The van der Waals surface area contributed by atoms with Crippen molar-refractivity contribution in [1.29, 1.82) is 0 Å². The molecule has 11 nitrogen and oxygen atoms in total. The van der Waals surface area contributed by atoms with Crippen LogP contribution in [0.25, 0.3) is 5.65 Å². The first-order chi connectivity index (χ1) is 15.1. The smallest absolute Gasteiger partial charge is 0.309 e. The summed E-state index contributed by atoms with van der Waals surface area (Å²) in [4.78, 5) is 50.3. The van der Waals surface area contributed by atoms with Crippen molar-refractivity contribution in [3.05, 3.63) is 30.2 Å². The van der Waals surface area contributed by atoms with E-state index in [0.717, 1.165) is 0 Å². The van der Waals surface area contributed by atoms with Crippen LogP contribution in [-0.2, 0) is 39.8 Å². The topological polar surface area (TPSA) is 143 Å². The molecule has 0 radical (unpaired) electrons. The van der Waals surface area contributed by atoms with Gasteiger partial charge in [0, 0.05) is 38.9 Å². The summed E-state index contributed by atoms with van der Waals surface area (Å²) in [5.74, 6) is -2.32. The van der Waals surface area contributed by atoms with Gasteiger partial charge >= 0.3 is 23.9 Å². The molecule has 32 heavy (non-hydrogen) atoms. The summed E-state index contributed by atoms with van der Waals surface area (Å²) >= 11 is 1.22. The summed E-state index contributed by atoms with van der Waals surface area (Å²) in [7, 11) is 0. The number of rotatable bonds is 7. The number of esters is 3. The fourth-order valence-electron chi connectivity index (χ4n) is 3.31. The number of carbonyl (C=O) groups excluding carboxylic acids is 3. The Morgan fingerprint density at radius 2 is 1.75 bits per heavy atom. The first-order valence-corrected chi connectivity index (χ1v) is 10.7. The largest absolute Gasteiger partial charge is 0.481 e. The highest BCUT2D eigenvalue weighted by molar-refractivity contribution is 7.99. The zero-order valence-corrected chi connectivity index (χ0v) is 18.4. The van der Waals surface area contributed by atoms with Crippen LogP contribution < -0.4 is 4.74 Å². The fraction of sp³-hybridized carbons (Fsp3) is 0.450. The molecule has 2 aromatic heterocycles. The average Bonchev–Trinajstić information content (AvgIpc) is 3.07. The third-order valence-corrected chi connectivity index (χ3v) is 5.59. The van der Waals surface area contributed by atoms with Crippen molar-refractivity contribution in [3.8, 4) is 5.75 Å². The minimum Gasteiger partial charge on any atom is -0.481 e. The zero-order valence-electron chi connectivity index (χ0n) is 17.5. The molecular weight excluding hydrogens is 444 g/mol. The highest BCUT2D eigenvalue weighted by atomic mass is 32.2. The molecule has 3 heterocycles. The highest BCUT2D eigenvalue weighted by Gasteiger charge is 2.47. The normalized spacial score (nSPS) is 22.7. The number of hydrogen-bond acceptors (Lipinski definition) is 10. The second-order valence-corrected chi connectivity index (χ2v) is 8.15. The van der Waals surface area contributed by atoms with E-state index in [4.69, 9.17) is 24.1 Å². The summed E-state index contributed by atoms with van der Waals surface area (Å²) < 4.78 is 23.7. The Bertz CT molecular complexity index is 1040. The molecule has 0 unspecified atom stereocenters. The Morgan fingerprint density at radius 1 is 1.09 bits per heavy atom. The number of nitrogens with zero attached hydrogens (tertiary/aromatic N) is 2. The van der Waals surface area contributed by atoms with Gasteiger partial charge in [0.2, 0.25) is 0 Å². The second-order valence-electron chi connectivity index (χ2n) is 7.02. The van der Waals surface area contributed by atoms with E-state index >= 15 is 0 Å². The standard InChI is InChI=1S/C20H22N2O9S/c1-10(23)28-15-9-32-20(18(30-12(3)25)17(15)29-11(2)24)31-14-5-4-6-22-8-13(7-16(26)27)21-19(14)22/h4-6,8,15,17-18,20H,7,9H2,1-3H3,(H,26,27)/t15-,17+,18-,20-/m1/s1. The van der Waals surface area contributed by atoms with E-state index in [1.165, 1.54) is 32.5 Å². The van der Waals surface area contributed by atoms with E-state index in [-0.39, 0.29) is 12.2 Å². The summed E-state index contributed by atoms with van der Waals surface area (Å²) in [6, 6.07) is 3.32. The number of aliphatic carboxylic acids is 1. The molecular formula is C20H22N2O9S. The molecule has 1 saturated heterocycles. The van der Waals surface area contributed by atoms with Crippen LogP contribution >= 0.6 is 11.8 Å². The van der Waals surface area contributed by atoms with E-state index in [9.17, 15) is 19.2 Å². The van der Waals surface area contributed by atoms with Crippen LogP contribution in [0.3, 0.4) is 0 Å². The van der Waals surface area contributed by atoms with Gasteiger partial charge in [-0.15, -0.1) is 11.8 Å². The summed E-state index contributed by atoms with van der Waals surface area (Å²) in [6.45, 7) is 3.63. The predicted octanol–water partition coefficient (Wildman–Crippen LogP) is 1.21. The maximum atomic E-state index is 11.8. The summed E-state index contributed by atoms with van der Waals surface area (Å²) in [5, 5.41) is 9.02. The number of thioether (sulfide) groups is 1. The third-order valence-electron chi connectivity index (χ3n) is 4.38. The number of hydrogen-bond donors (Lipinski definition) is 1. The number of imidazole rings is 1. The van der Waals surface area contributed by atoms with Crippen LogP contribution in [0.5, 0.6) is 5.75 Å². The SMILES string of the molecule is CC(=O)O[C@@H]1[C@@H](OC(C)=O)[C@H](OC(C)=O)CS[C@H]1Oc1cccn2cc(CC(=O)O)nc12. The molecule has 1 fully saturated rings. The van der Waals surface area contributed by atoms with E-state index in [1.54, 1.807) is 28.9 Å². The van der Waals surface area contributed by atoms with Crippen molar-refractivity contribution in [2.75, 3.05) is 5.75 Å². The molecule has 0 aromatic carbocycles.